The molecule has 0 saturated carbocycles. The summed E-state index contributed by atoms with van der Waals surface area (Å²) in [5.74, 6) is -0.928. The molecule has 0 aliphatic carbocycles. The Bertz CT molecular complexity index is 254. The third-order valence-electron chi connectivity index (χ3n) is 2.68. The van der Waals surface area contributed by atoms with Crippen LogP contribution in [0.4, 0.5) is 4.79 Å². The molecule has 0 aromatic carbocycles. The van der Waals surface area contributed by atoms with Gasteiger partial charge in [0.15, 0.2) is 0 Å². The lowest BCUT2D eigenvalue weighted by atomic mass is 10.2. The highest BCUT2D eigenvalue weighted by Crippen LogP contribution is 2.19. The Morgan fingerprint density at radius 3 is 2.71 bits per heavy atom. The standard InChI is InChI=1S/C9H16N2O3/c1-4-6(2)11-7(8(12)13)5-10(3)9(11)14/h6-7H,4-5H2,1-3H3,(H,12,13). The SMILES string of the molecule is CCC(C)N1C(=O)N(C)CC1C(=O)O. The van der Waals surface area contributed by atoms with E-state index in [1.54, 1.807) is 7.05 Å². The Morgan fingerprint density at radius 2 is 2.29 bits per heavy atom. The van der Waals surface area contributed by atoms with Crippen LogP contribution in [0.2, 0.25) is 0 Å². The van der Waals surface area contributed by atoms with Crippen LogP contribution in [0.3, 0.4) is 0 Å². The summed E-state index contributed by atoms with van der Waals surface area (Å²) in [4.78, 5) is 25.4. The predicted octanol–water partition coefficient (Wildman–Crippen LogP) is 0.605. The molecule has 1 fully saturated rings. The van der Waals surface area contributed by atoms with Crippen molar-refractivity contribution in [1.82, 2.24) is 9.80 Å². The van der Waals surface area contributed by atoms with Crippen LogP contribution in [0.5, 0.6) is 0 Å². The van der Waals surface area contributed by atoms with E-state index >= 15 is 0 Å². The molecule has 0 spiro atoms. The molecular formula is C9H16N2O3. The summed E-state index contributed by atoms with van der Waals surface area (Å²) in [7, 11) is 1.63. The first-order chi connectivity index (χ1) is 6.49. The molecule has 1 N–H and O–H groups in total. The maximum absolute atomic E-state index is 11.6. The molecule has 2 amide bonds. The quantitative estimate of drug-likeness (QED) is 0.726. The van der Waals surface area contributed by atoms with Crippen molar-refractivity contribution in [3.63, 3.8) is 0 Å². The first-order valence-corrected chi connectivity index (χ1v) is 4.75. The van der Waals surface area contributed by atoms with Gasteiger partial charge in [0.05, 0.1) is 6.54 Å². The molecule has 1 aliphatic heterocycles. The second kappa shape index (κ2) is 3.86. The van der Waals surface area contributed by atoms with Crippen molar-refractivity contribution < 1.29 is 14.7 Å². The fraction of sp³-hybridized carbons (Fsp3) is 0.778. The van der Waals surface area contributed by atoms with Gasteiger partial charge in [-0.2, -0.15) is 0 Å². The number of amides is 2. The molecule has 1 saturated heterocycles. The number of hydrogen-bond donors (Lipinski definition) is 1. The Labute approximate surface area is 83.3 Å². The second-order valence-corrected chi connectivity index (χ2v) is 3.68. The molecule has 1 rings (SSSR count). The number of nitrogens with zero attached hydrogens (tertiary/aromatic N) is 2. The maximum Gasteiger partial charge on any atom is 0.328 e. The first kappa shape index (κ1) is 10.8. The average Bonchev–Trinajstić information content (AvgIpc) is 2.43. The van der Waals surface area contributed by atoms with Gasteiger partial charge in [-0.25, -0.2) is 9.59 Å². The molecule has 14 heavy (non-hydrogen) atoms. The van der Waals surface area contributed by atoms with Crippen molar-refractivity contribution in [2.75, 3.05) is 13.6 Å². The van der Waals surface area contributed by atoms with Gasteiger partial charge in [-0.1, -0.05) is 6.92 Å². The van der Waals surface area contributed by atoms with Crippen LogP contribution in [0.1, 0.15) is 20.3 Å². The number of likely N-dealkylation sites (N-methyl/N-ethyl adjacent to an activating group) is 1. The average molecular weight is 200 g/mol. The Hall–Kier alpha value is -1.26. The minimum atomic E-state index is -0.928. The van der Waals surface area contributed by atoms with Crippen molar-refractivity contribution in [2.24, 2.45) is 0 Å². The second-order valence-electron chi connectivity index (χ2n) is 3.68. The lowest BCUT2D eigenvalue weighted by molar-refractivity contribution is -0.141. The highest BCUT2D eigenvalue weighted by molar-refractivity contribution is 5.86. The zero-order chi connectivity index (χ0) is 10.9. The molecule has 0 radical (unpaired) electrons. The van der Waals surface area contributed by atoms with Crippen LogP contribution in [0.15, 0.2) is 0 Å². The summed E-state index contributed by atoms with van der Waals surface area (Å²) in [6, 6.07) is -0.900. The van der Waals surface area contributed by atoms with Gasteiger partial charge in [-0.3, -0.25) is 0 Å². The van der Waals surface area contributed by atoms with E-state index in [1.807, 2.05) is 13.8 Å². The van der Waals surface area contributed by atoms with Crippen molar-refractivity contribution in [3.05, 3.63) is 0 Å². The summed E-state index contributed by atoms with van der Waals surface area (Å²) < 4.78 is 0. The van der Waals surface area contributed by atoms with Gasteiger partial charge in [-0.15, -0.1) is 0 Å². The van der Waals surface area contributed by atoms with E-state index in [-0.39, 0.29) is 18.6 Å². The molecule has 80 valence electrons. The van der Waals surface area contributed by atoms with E-state index < -0.39 is 12.0 Å². The van der Waals surface area contributed by atoms with Crippen molar-refractivity contribution in [2.45, 2.75) is 32.4 Å². The molecule has 0 bridgehead atoms. The topological polar surface area (TPSA) is 60.9 Å². The lowest BCUT2D eigenvalue weighted by Gasteiger charge is -2.26. The summed E-state index contributed by atoms with van der Waals surface area (Å²) in [6.45, 7) is 4.08. The predicted molar refractivity (Wildman–Crippen MR) is 51.0 cm³/mol. The smallest absolute Gasteiger partial charge is 0.328 e. The molecule has 5 nitrogen and oxygen atoms in total. The van der Waals surface area contributed by atoms with Gasteiger partial charge in [0.2, 0.25) is 0 Å². The lowest BCUT2D eigenvalue weighted by Crippen LogP contribution is -2.44. The number of rotatable bonds is 3. The van der Waals surface area contributed by atoms with Crippen LogP contribution < -0.4 is 0 Å². The fourth-order valence-corrected chi connectivity index (χ4v) is 1.65. The molecule has 1 heterocycles. The van der Waals surface area contributed by atoms with Crippen LogP contribution in [-0.2, 0) is 4.79 Å². The zero-order valence-electron chi connectivity index (χ0n) is 8.73. The van der Waals surface area contributed by atoms with Gasteiger partial charge < -0.3 is 14.9 Å². The van der Waals surface area contributed by atoms with Crippen LogP contribution in [0.25, 0.3) is 0 Å². The largest absolute Gasteiger partial charge is 0.480 e. The van der Waals surface area contributed by atoms with Crippen LogP contribution >= 0.6 is 0 Å². The van der Waals surface area contributed by atoms with E-state index in [1.165, 1.54) is 9.80 Å². The number of urea groups is 1. The van der Waals surface area contributed by atoms with Crippen molar-refractivity contribution in [1.29, 1.82) is 0 Å². The minimum absolute atomic E-state index is 0.0199. The normalized spacial score (nSPS) is 24.2. The molecule has 5 heteroatoms. The summed E-state index contributed by atoms with van der Waals surface area (Å²) in [5, 5.41) is 8.94. The third-order valence-corrected chi connectivity index (χ3v) is 2.68. The number of carboxylic acids is 1. The molecule has 2 unspecified atom stereocenters. The zero-order valence-corrected chi connectivity index (χ0v) is 8.73. The number of carbonyl (C=O) groups excluding carboxylic acids is 1. The van der Waals surface area contributed by atoms with E-state index in [2.05, 4.69) is 0 Å². The van der Waals surface area contributed by atoms with Gasteiger partial charge in [0.1, 0.15) is 6.04 Å². The Balaban J connectivity index is 2.86. The van der Waals surface area contributed by atoms with Crippen molar-refractivity contribution in [3.8, 4) is 0 Å². The molecular weight excluding hydrogens is 184 g/mol. The van der Waals surface area contributed by atoms with E-state index in [0.29, 0.717) is 0 Å². The van der Waals surface area contributed by atoms with Gasteiger partial charge in [-0.05, 0) is 13.3 Å². The third kappa shape index (κ3) is 1.66. The minimum Gasteiger partial charge on any atom is -0.480 e. The summed E-state index contributed by atoms with van der Waals surface area (Å²) in [6.07, 6.45) is 0.767. The Kier molecular flexibility index (Phi) is 2.98. The highest BCUT2D eigenvalue weighted by atomic mass is 16.4. The van der Waals surface area contributed by atoms with Gasteiger partial charge in [0.25, 0.3) is 0 Å². The highest BCUT2D eigenvalue weighted by Gasteiger charge is 2.41. The Morgan fingerprint density at radius 1 is 1.71 bits per heavy atom. The first-order valence-electron chi connectivity index (χ1n) is 4.75. The molecule has 0 aromatic heterocycles. The molecule has 0 aromatic rings. The van der Waals surface area contributed by atoms with E-state index in [0.717, 1.165) is 6.42 Å². The van der Waals surface area contributed by atoms with E-state index in [4.69, 9.17) is 5.11 Å². The van der Waals surface area contributed by atoms with Crippen molar-refractivity contribution >= 4 is 12.0 Å². The van der Waals surface area contributed by atoms with Gasteiger partial charge in [0, 0.05) is 13.1 Å². The molecule has 1 aliphatic rings. The monoisotopic (exact) mass is 200 g/mol. The van der Waals surface area contributed by atoms with Gasteiger partial charge >= 0.3 is 12.0 Å². The van der Waals surface area contributed by atoms with Crippen LogP contribution in [-0.4, -0.2) is 52.6 Å². The molecule has 2 atom stereocenters. The van der Waals surface area contributed by atoms with E-state index in [9.17, 15) is 9.59 Å². The summed E-state index contributed by atoms with van der Waals surface area (Å²) in [5.41, 5.74) is 0. The number of carbonyl (C=O) groups is 2. The number of carboxylic acid groups (broad SMARTS) is 1. The maximum atomic E-state index is 11.6. The summed E-state index contributed by atoms with van der Waals surface area (Å²) >= 11 is 0. The number of hydrogen-bond acceptors (Lipinski definition) is 2. The number of aliphatic carboxylic acids is 1. The van der Waals surface area contributed by atoms with Crippen LogP contribution in [0, 0.1) is 0 Å². The fourth-order valence-electron chi connectivity index (χ4n) is 1.65.